The second-order valence-corrected chi connectivity index (χ2v) is 6.80. The lowest BCUT2D eigenvalue weighted by Crippen LogP contribution is -2.29. The maximum absolute atomic E-state index is 12.3. The molecule has 0 bridgehead atoms. The van der Waals surface area contributed by atoms with Crippen molar-refractivity contribution in [3.63, 3.8) is 0 Å². The van der Waals surface area contributed by atoms with Crippen LogP contribution >= 0.6 is 0 Å². The molecule has 5 heteroatoms. The van der Waals surface area contributed by atoms with Gasteiger partial charge < -0.3 is 16.0 Å². The molecule has 2 aromatic rings. The van der Waals surface area contributed by atoms with E-state index in [0.717, 1.165) is 11.3 Å². The first-order chi connectivity index (χ1) is 12.4. The molecule has 26 heavy (non-hydrogen) atoms. The summed E-state index contributed by atoms with van der Waals surface area (Å²) in [5, 5.41) is 8.85. The minimum atomic E-state index is -0.199. The summed E-state index contributed by atoms with van der Waals surface area (Å²) in [5.74, 6) is -0.0189. The van der Waals surface area contributed by atoms with E-state index in [4.69, 9.17) is 0 Å². The summed E-state index contributed by atoms with van der Waals surface area (Å²) in [6.45, 7) is 8.85. The molecular formula is C21H27N3O2. The Labute approximate surface area is 155 Å². The van der Waals surface area contributed by atoms with Gasteiger partial charge in [0.05, 0.1) is 17.8 Å². The monoisotopic (exact) mass is 353 g/mol. The molecule has 0 heterocycles. The molecule has 0 saturated heterocycles. The van der Waals surface area contributed by atoms with Gasteiger partial charge in [0.15, 0.2) is 0 Å². The third-order valence-electron chi connectivity index (χ3n) is 4.16. The summed E-state index contributed by atoms with van der Waals surface area (Å²) in [6, 6.07) is 13.0. The molecule has 0 radical (unpaired) electrons. The van der Waals surface area contributed by atoms with E-state index in [9.17, 15) is 9.59 Å². The molecule has 0 spiro atoms. The van der Waals surface area contributed by atoms with Crippen molar-refractivity contribution in [2.24, 2.45) is 5.92 Å². The molecule has 2 aromatic carbocycles. The quantitative estimate of drug-likeness (QED) is 0.710. The van der Waals surface area contributed by atoms with E-state index in [-0.39, 0.29) is 18.4 Å². The summed E-state index contributed by atoms with van der Waals surface area (Å²) in [4.78, 5) is 24.7. The molecule has 0 aliphatic heterocycles. The number of benzene rings is 2. The number of nitrogens with one attached hydrogen (secondary N) is 3. The van der Waals surface area contributed by atoms with Gasteiger partial charge in [-0.3, -0.25) is 9.59 Å². The molecule has 0 aromatic heterocycles. The minimum Gasteiger partial charge on any atom is -0.376 e. The lowest BCUT2D eigenvalue weighted by Gasteiger charge is -2.14. The Morgan fingerprint density at radius 3 is 2.38 bits per heavy atom. The normalized spacial score (nSPS) is 10.5. The van der Waals surface area contributed by atoms with Gasteiger partial charge in [-0.2, -0.15) is 0 Å². The van der Waals surface area contributed by atoms with Gasteiger partial charge in [0, 0.05) is 12.2 Å². The molecule has 0 atom stereocenters. The number of rotatable bonds is 7. The standard InChI is InChI=1S/C21H27N3O2/c1-14(2)12-23-21(26)17-9-5-6-10-19(17)24-20(25)13-22-18-11-7-8-15(3)16(18)4/h5-11,14,22H,12-13H2,1-4H3,(H,23,26)(H,24,25). The van der Waals surface area contributed by atoms with E-state index in [1.165, 1.54) is 5.56 Å². The first-order valence-corrected chi connectivity index (χ1v) is 8.85. The molecule has 3 N–H and O–H groups in total. The molecule has 0 saturated carbocycles. The van der Waals surface area contributed by atoms with E-state index in [1.54, 1.807) is 24.3 Å². The molecule has 0 aliphatic rings. The van der Waals surface area contributed by atoms with Crippen molar-refractivity contribution in [2.75, 3.05) is 23.7 Å². The van der Waals surface area contributed by atoms with Crippen LogP contribution in [0.3, 0.4) is 0 Å². The van der Waals surface area contributed by atoms with Crippen LogP contribution in [0.5, 0.6) is 0 Å². The fourth-order valence-corrected chi connectivity index (χ4v) is 2.49. The number of anilines is 2. The van der Waals surface area contributed by atoms with E-state index in [2.05, 4.69) is 16.0 Å². The Bertz CT molecular complexity index is 785. The van der Waals surface area contributed by atoms with Gasteiger partial charge in [-0.05, 0) is 49.1 Å². The summed E-state index contributed by atoms with van der Waals surface area (Å²) in [6.07, 6.45) is 0. The van der Waals surface area contributed by atoms with E-state index < -0.39 is 0 Å². The number of hydrogen-bond donors (Lipinski definition) is 3. The third-order valence-corrected chi connectivity index (χ3v) is 4.16. The zero-order valence-electron chi connectivity index (χ0n) is 15.8. The fourth-order valence-electron chi connectivity index (χ4n) is 2.49. The van der Waals surface area contributed by atoms with Gasteiger partial charge in [0.2, 0.25) is 5.91 Å². The zero-order valence-corrected chi connectivity index (χ0v) is 15.8. The maximum Gasteiger partial charge on any atom is 0.253 e. The largest absolute Gasteiger partial charge is 0.376 e. The highest BCUT2D eigenvalue weighted by Crippen LogP contribution is 2.18. The predicted octanol–water partition coefficient (Wildman–Crippen LogP) is 3.74. The lowest BCUT2D eigenvalue weighted by atomic mass is 10.1. The highest BCUT2D eigenvalue weighted by molar-refractivity contribution is 6.04. The number of para-hydroxylation sites is 1. The van der Waals surface area contributed by atoms with Gasteiger partial charge in [-0.15, -0.1) is 0 Å². The third kappa shape index (κ3) is 5.34. The van der Waals surface area contributed by atoms with Crippen molar-refractivity contribution in [1.29, 1.82) is 0 Å². The zero-order chi connectivity index (χ0) is 19.1. The van der Waals surface area contributed by atoms with Crippen LogP contribution in [0.25, 0.3) is 0 Å². The Morgan fingerprint density at radius 1 is 0.962 bits per heavy atom. The number of aryl methyl sites for hydroxylation is 1. The minimum absolute atomic E-state index is 0.131. The number of amides is 2. The average Bonchev–Trinajstić information content (AvgIpc) is 2.61. The van der Waals surface area contributed by atoms with Gasteiger partial charge in [-0.25, -0.2) is 0 Å². The Hall–Kier alpha value is -2.82. The topological polar surface area (TPSA) is 70.2 Å². The fraction of sp³-hybridized carbons (Fsp3) is 0.333. The molecule has 0 fully saturated rings. The van der Waals surface area contributed by atoms with Crippen LogP contribution in [0.15, 0.2) is 42.5 Å². The Morgan fingerprint density at radius 2 is 1.65 bits per heavy atom. The molecule has 5 nitrogen and oxygen atoms in total. The lowest BCUT2D eigenvalue weighted by molar-refractivity contribution is -0.114. The van der Waals surface area contributed by atoms with Crippen molar-refractivity contribution in [3.05, 3.63) is 59.2 Å². The van der Waals surface area contributed by atoms with Crippen molar-refractivity contribution in [3.8, 4) is 0 Å². The van der Waals surface area contributed by atoms with Crippen molar-refractivity contribution < 1.29 is 9.59 Å². The molecule has 0 aliphatic carbocycles. The van der Waals surface area contributed by atoms with Gasteiger partial charge in [0.1, 0.15) is 0 Å². The molecular weight excluding hydrogens is 326 g/mol. The average molecular weight is 353 g/mol. The second kappa shape index (κ2) is 9.04. The van der Waals surface area contributed by atoms with Gasteiger partial charge in [0.25, 0.3) is 5.91 Å². The van der Waals surface area contributed by atoms with Crippen LogP contribution in [0.1, 0.15) is 35.3 Å². The van der Waals surface area contributed by atoms with Crippen molar-refractivity contribution in [2.45, 2.75) is 27.7 Å². The second-order valence-electron chi connectivity index (χ2n) is 6.80. The molecule has 2 amide bonds. The summed E-state index contributed by atoms with van der Waals surface area (Å²) in [5.41, 5.74) is 4.20. The first-order valence-electron chi connectivity index (χ1n) is 8.85. The molecule has 138 valence electrons. The number of hydrogen-bond acceptors (Lipinski definition) is 3. The SMILES string of the molecule is Cc1cccc(NCC(=O)Nc2ccccc2C(=O)NCC(C)C)c1C. The van der Waals surface area contributed by atoms with E-state index in [1.807, 2.05) is 45.9 Å². The van der Waals surface area contributed by atoms with Crippen LogP contribution in [0, 0.1) is 19.8 Å². The maximum atomic E-state index is 12.3. The van der Waals surface area contributed by atoms with Crippen molar-refractivity contribution >= 4 is 23.2 Å². The Kier molecular flexibility index (Phi) is 6.78. The summed E-state index contributed by atoms with van der Waals surface area (Å²) < 4.78 is 0. The van der Waals surface area contributed by atoms with Crippen LogP contribution in [-0.2, 0) is 4.79 Å². The highest BCUT2D eigenvalue weighted by atomic mass is 16.2. The van der Waals surface area contributed by atoms with Crippen LogP contribution in [0.2, 0.25) is 0 Å². The number of carbonyl (C=O) groups excluding carboxylic acids is 2. The molecule has 2 rings (SSSR count). The first kappa shape index (κ1) is 19.5. The highest BCUT2D eigenvalue weighted by Gasteiger charge is 2.13. The predicted molar refractivity (Wildman–Crippen MR) is 107 cm³/mol. The van der Waals surface area contributed by atoms with E-state index >= 15 is 0 Å². The van der Waals surface area contributed by atoms with E-state index in [0.29, 0.717) is 23.7 Å². The van der Waals surface area contributed by atoms with Crippen LogP contribution < -0.4 is 16.0 Å². The summed E-state index contributed by atoms with van der Waals surface area (Å²) >= 11 is 0. The van der Waals surface area contributed by atoms with Crippen LogP contribution in [0.4, 0.5) is 11.4 Å². The number of carbonyl (C=O) groups is 2. The smallest absolute Gasteiger partial charge is 0.253 e. The van der Waals surface area contributed by atoms with Gasteiger partial charge >= 0.3 is 0 Å². The Balaban J connectivity index is 2.00. The molecule has 0 unspecified atom stereocenters. The van der Waals surface area contributed by atoms with Gasteiger partial charge in [-0.1, -0.05) is 38.1 Å². The summed E-state index contributed by atoms with van der Waals surface area (Å²) in [7, 11) is 0. The van der Waals surface area contributed by atoms with Crippen molar-refractivity contribution in [1.82, 2.24) is 5.32 Å². The van der Waals surface area contributed by atoms with Crippen LogP contribution in [-0.4, -0.2) is 24.9 Å².